The highest BCUT2D eigenvalue weighted by atomic mass is 19.1. The van der Waals surface area contributed by atoms with Crippen LogP contribution in [0.3, 0.4) is 0 Å². The van der Waals surface area contributed by atoms with Gasteiger partial charge >= 0.3 is 0 Å². The molecule has 0 saturated heterocycles. The normalized spacial score (nSPS) is 19.2. The standard InChI is InChI=1S/C10H12FN/c11-7-8-1-3-9(4-2-8)10(12)5-6-10/h1-4H,5-7,12H2. The van der Waals surface area contributed by atoms with E-state index in [1.807, 2.05) is 24.3 Å². The maximum Gasteiger partial charge on any atom is 0.115 e. The van der Waals surface area contributed by atoms with Crippen LogP contribution in [0.1, 0.15) is 24.0 Å². The Morgan fingerprint density at radius 3 is 2.25 bits per heavy atom. The second-order valence-corrected chi connectivity index (χ2v) is 3.49. The summed E-state index contributed by atoms with van der Waals surface area (Å²) in [6, 6.07) is 7.48. The first-order valence-electron chi connectivity index (χ1n) is 4.19. The van der Waals surface area contributed by atoms with Crippen molar-refractivity contribution in [2.45, 2.75) is 25.1 Å². The van der Waals surface area contributed by atoms with E-state index in [9.17, 15) is 4.39 Å². The average molecular weight is 165 g/mol. The van der Waals surface area contributed by atoms with E-state index in [0.29, 0.717) is 0 Å². The van der Waals surface area contributed by atoms with E-state index >= 15 is 0 Å². The number of halogens is 1. The van der Waals surface area contributed by atoms with Gasteiger partial charge in [0.1, 0.15) is 6.67 Å². The maximum atomic E-state index is 12.1. The Morgan fingerprint density at radius 2 is 1.83 bits per heavy atom. The van der Waals surface area contributed by atoms with Crippen molar-refractivity contribution in [1.82, 2.24) is 0 Å². The molecule has 0 bridgehead atoms. The fraction of sp³-hybridized carbons (Fsp3) is 0.400. The first-order valence-corrected chi connectivity index (χ1v) is 4.19. The van der Waals surface area contributed by atoms with Gasteiger partial charge in [-0.1, -0.05) is 24.3 Å². The Labute approximate surface area is 71.4 Å². The Bertz CT molecular complexity index is 274. The zero-order chi connectivity index (χ0) is 8.60. The number of benzene rings is 1. The van der Waals surface area contributed by atoms with Crippen LogP contribution in [0.4, 0.5) is 4.39 Å². The lowest BCUT2D eigenvalue weighted by atomic mass is 10.0. The molecule has 2 rings (SSSR count). The third-order valence-corrected chi connectivity index (χ3v) is 2.47. The quantitative estimate of drug-likeness (QED) is 0.713. The lowest BCUT2D eigenvalue weighted by Crippen LogP contribution is -2.18. The van der Waals surface area contributed by atoms with Crippen molar-refractivity contribution in [2.75, 3.05) is 0 Å². The van der Waals surface area contributed by atoms with Gasteiger partial charge in [0.25, 0.3) is 0 Å². The molecular formula is C10H12FN. The van der Waals surface area contributed by atoms with Crippen LogP contribution in [0, 0.1) is 0 Å². The van der Waals surface area contributed by atoms with E-state index in [1.165, 1.54) is 0 Å². The van der Waals surface area contributed by atoms with Crippen molar-refractivity contribution in [1.29, 1.82) is 0 Å². The second-order valence-electron chi connectivity index (χ2n) is 3.49. The summed E-state index contributed by atoms with van der Waals surface area (Å²) in [6.45, 7) is -0.391. The van der Waals surface area contributed by atoms with Crippen molar-refractivity contribution in [3.05, 3.63) is 35.4 Å². The highest BCUT2D eigenvalue weighted by Crippen LogP contribution is 2.42. The van der Waals surface area contributed by atoms with Gasteiger partial charge in [0.15, 0.2) is 0 Å². The number of hydrogen-bond acceptors (Lipinski definition) is 1. The Hall–Kier alpha value is -0.890. The minimum absolute atomic E-state index is 0.0884. The van der Waals surface area contributed by atoms with Gasteiger partial charge in [-0.05, 0) is 24.0 Å². The lowest BCUT2D eigenvalue weighted by molar-refractivity contribution is 0.485. The van der Waals surface area contributed by atoms with E-state index in [2.05, 4.69) is 0 Å². The first-order chi connectivity index (χ1) is 5.74. The number of rotatable bonds is 2. The molecule has 64 valence electrons. The number of alkyl halides is 1. The minimum atomic E-state index is -0.391. The molecule has 0 aliphatic heterocycles. The molecule has 0 heterocycles. The van der Waals surface area contributed by atoms with Crippen LogP contribution >= 0.6 is 0 Å². The van der Waals surface area contributed by atoms with Crippen molar-refractivity contribution in [3.8, 4) is 0 Å². The largest absolute Gasteiger partial charge is 0.321 e. The molecule has 1 aliphatic rings. The van der Waals surface area contributed by atoms with Crippen LogP contribution in [-0.2, 0) is 12.2 Å². The summed E-state index contributed by atoms with van der Waals surface area (Å²) in [6.07, 6.45) is 2.12. The van der Waals surface area contributed by atoms with Crippen LogP contribution in [0.2, 0.25) is 0 Å². The van der Waals surface area contributed by atoms with Gasteiger partial charge in [0.05, 0.1) is 0 Å². The molecule has 1 aromatic rings. The van der Waals surface area contributed by atoms with Crippen molar-refractivity contribution >= 4 is 0 Å². The smallest absolute Gasteiger partial charge is 0.115 e. The van der Waals surface area contributed by atoms with Crippen LogP contribution < -0.4 is 5.73 Å². The summed E-state index contributed by atoms with van der Waals surface area (Å²) in [5, 5.41) is 0. The summed E-state index contributed by atoms with van der Waals surface area (Å²) in [5.74, 6) is 0. The molecule has 12 heavy (non-hydrogen) atoms. The maximum absolute atomic E-state index is 12.1. The molecule has 2 N–H and O–H groups in total. The van der Waals surface area contributed by atoms with Gasteiger partial charge in [-0.2, -0.15) is 0 Å². The van der Waals surface area contributed by atoms with E-state index in [-0.39, 0.29) is 5.54 Å². The van der Waals surface area contributed by atoms with Gasteiger partial charge in [0, 0.05) is 5.54 Å². The second kappa shape index (κ2) is 2.56. The first kappa shape index (κ1) is 7.74. The van der Waals surface area contributed by atoms with Gasteiger partial charge in [-0.15, -0.1) is 0 Å². The van der Waals surface area contributed by atoms with E-state index in [0.717, 1.165) is 24.0 Å². The van der Waals surface area contributed by atoms with Gasteiger partial charge in [-0.3, -0.25) is 0 Å². The van der Waals surface area contributed by atoms with Crippen molar-refractivity contribution < 1.29 is 4.39 Å². The molecule has 0 unspecified atom stereocenters. The van der Waals surface area contributed by atoms with E-state index < -0.39 is 6.67 Å². The number of nitrogens with two attached hydrogens (primary N) is 1. The molecule has 1 nitrogen and oxygen atoms in total. The highest BCUT2D eigenvalue weighted by Gasteiger charge is 2.39. The van der Waals surface area contributed by atoms with Crippen LogP contribution in [0.25, 0.3) is 0 Å². The molecule has 1 fully saturated rings. The number of hydrogen-bond donors (Lipinski definition) is 1. The van der Waals surface area contributed by atoms with E-state index in [1.54, 1.807) is 0 Å². The molecule has 1 saturated carbocycles. The predicted octanol–water partition coefficient (Wildman–Crippen LogP) is 2.10. The highest BCUT2D eigenvalue weighted by molar-refractivity contribution is 5.31. The summed E-state index contributed by atoms with van der Waals surface area (Å²) in [4.78, 5) is 0. The summed E-state index contributed by atoms with van der Waals surface area (Å²) in [7, 11) is 0. The molecule has 0 atom stereocenters. The molecule has 0 radical (unpaired) electrons. The minimum Gasteiger partial charge on any atom is -0.321 e. The van der Waals surface area contributed by atoms with Gasteiger partial charge in [-0.25, -0.2) is 4.39 Å². The Morgan fingerprint density at radius 1 is 1.25 bits per heavy atom. The molecule has 1 aromatic carbocycles. The lowest BCUT2D eigenvalue weighted by Gasteiger charge is -2.08. The molecule has 0 amide bonds. The third-order valence-electron chi connectivity index (χ3n) is 2.47. The van der Waals surface area contributed by atoms with Crippen molar-refractivity contribution in [3.63, 3.8) is 0 Å². The fourth-order valence-corrected chi connectivity index (χ4v) is 1.35. The summed E-state index contributed by atoms with van der Waals surface area (Å²) >= 11 is 0. The fourth-order valence-electron chi connectivity index (χ4n) is 1.35. The van der Waals surface area contributed by atoms with E-state index in [4.69, 9.17) is 5.73 Å². The Balaban J connectivity index is 2.25. The molecule has 0 spiro atoms. The van der Waals surface area contributed by atoms with Gasteiger partial charge < -0.3 is 5.73 Å². The average Bonchev–Trinajstić information content (AvgIpc) is 2.85. The molecule has 2 heteroatoms. The molecule has 0 aromatic heterocycles. The summed E-state index contributed by atoms with van der Waals surface area (Å²) < 4.78 is 12.1. The summed E-state index contributed by atoms with van der Waals surface area (Å²) in [5.41, 5.74) is 7.74. The topological polar surface area (TPSA) is 26.0 Å². The van der Waals surface area contributed by atoms with Crippen molar-refractivity contribution in [2.24, 2.45) is 5.73 Å². The van der Waals surface area contributed by atoms with Gasteiger partial charge in [0.2, 0.25) is 0 Å². The Kier molecular flexibility index (Phi) is 1.65. The van der Waals surface area contributed by atoms with Crippen LogP contribution in [-0.4, -0.2) is 0 Å². The monoisotopic (exact) mass is 165 g/mol. The third kappa shape index (κ3) is 1.23. The molecule has 1 aliphatic carbocycles. The zero-order valence-electron chi connectivity index (χ0n) is 6.89. The zero-order valence-corrected chi connectivity index (χ0v) is 6.89. The van der Waals surface area contributed by atoms with Crippen LogP contribution in [0.15, 0.2) is 24.3 Å². The predicted molar refractivity (Wildman–Crippen MR) is 46.4 cm³/mol. The molecular weight excluding hydrogens is 153 g/mol. The SMILES string of the molecule is NC1(c2ccc(CF)cc2)CC1. The van der Waals surface area contributed by atoms with Crippen LogP contribution in [0.5, 0.6) is 0 Å².